The van der Waals surface area contributed by atoms with Crippen LogP contribution in [-0.4, -0.2) is 28.8 Å². The van der Waals surface area contributed by atoms with Gasteiger partial charge in [-0.1, -0.05) is 5.92 Å². The maximum atomic E-state index is 11.2. The Morgan fingerprint density at radius 1 is 1.79 bits per heavy atom. The van der Waals surface area contributed by atoms with Gasteiger partial charge in [0.15, 0.2) is 0 Å². The summed E-state index contributed by atoms with van der Waals surface area (Å²) in [6.45, 7) is 0.597. The van der Waals surface area contributed by atoms with Crippen molar-refractivity contribution in [2.24, 2.45) is 7.05 Å². The molecule has 5 nitrogen and oxygen atoms in total. The predicted molar refractivity (Wildman–Crippen MR) is 53.5 cm³/mol. The predicted octanol–water partition coefficient (Wildman–Crippen LogP) is -0.419. The molecule has 0 saturated carbocycles. The summed E-state index contributed by atoms with van der Waals surface area (Å²) in [7, 11) is 1.78. The number of hydrogen-bond acceptors (Lipinski definition) is 3. The molecule has 0 aliphatic heterocycles. The van der Waals surface area contributed by atoms with Gasteiger partial charge in [0.25, 0.3) is 0 Å². The molecule has 0 spiro atoms. The maximum Gasteiger partial charge on any atom is 0.238 e. The third kappa shape index (κ3) is 3.29. The first-order valence-corrected chi connectivity index (χ1v) is 4.15. The van der Waals surface area contributed by atoms with Gasteiger partial charge in [-0.3, -0.25) is 14.8 Å². The molecule has 0 bridgehead atoms. The molecule has 1 rings (SSSR count). The van der Waals surface area contributed by atoms with Crippen molar-refractivity contribution in [3.05, 3.63) is 12.4 Å². The Hall–Kier alpha value is -1.80. The van der Waals surface area contributed by atoms with E-state index in [0.29, 0.717) is 12.2 Å². The van der Waals surface area contributed by atoms with Gasteiger partial charge in [0.05, 0.1) is 25.0 Å². The number of carbonyl (C=O) groups excluding carboxylic acids is 1. The SMILES string of the molecule is C#CCNCC(=O)Nc1cnn(C)c1. The minimum Gasteiger partial charge on any atom is -0.322 e. The van der Waals surface area contributed by atoms with Crippen LogP contribution in [0.5, 0.6) is 0 Å². The van der Waals surface area contributed by atoms with Crippen LogP contribution in [0.15, 0.2) is 12.4 Å². The van der Waals surface area contributed by atoms with E-state index in [0.717, 1.165) is 0 Å². The topological polar surface area (TPSA) is 59.0 Å². The van der Waals surface area contributed by atoms with Crippen molar-refractivity contribution < 1.29 is 4.79 Å². The van der Waals surface area contributed by atoms with Crippen molar-refractivity contribution >= 4 is 11.6 Å². The van der Waals surface area contributed by atoms with Crippen LogP contribution in [0.2, 0.25) is 0 Å². The van der Waals surface area contributed by atoms with Crippen LogP contribution in [0.3, 0.4) is 0 Å². The van der Waals surface area contributed by atoms with Crippen LogP contribution >= 0.6 is 0 Å². The summed E-state index contributed by atoms with van der Waals surface area (Å²) in [5.74, 6) is 2.25. The Bertz CT molecular complexity index is 350. The minimum absolute atomic E-state index is 0.131. The standard InChI is InChI=1S/C9H12N4O/c1-3-4-10-6-9(14)12-8-5-11-13(2)7-8/h1,5,7,10H,4,6H2,2H3,(H,12,14). The molecule has 0 atom stereocenters. The lowest BCUT2D eigenvalue weighted by atomic mass is 10.5. The van der Waals surface area contributed by atoms with Crippen LogP contribution in [0.4, 0.5) is 5.69 Å². The second kappa shape index (κ2) is 5.04. The number of amides is 1. The van der Waals surface area contributed by atoms with Gasteiger partial charge in [-0.25, -0.2) is 0 Å². The minimum atomic E-state index is -0.131. The highest BCUT2D eigenvalue weighted by molar-refractivity contribution is 5.91. The number of hydrogen-bond donors (Lipinski definition) is 2. The zero-order valence-corrected chi connectivity index (χ0v) is 7.95. The number of anilines is 1. The molecule has 0 aromatic carbocycles. The monoisotopic (exact) mass is 192 g/mol. The second-order valence-corrected chi connectivity index (χ2v) is 2.76. The van der Waals surface area contributed by atoms with E-state index in [-0.39, 0.29) is 12.5 Å². The first-order valence-electron chi connectivity index (χ1n) is 4.15. The van der Waals surface area contributed by atoms with Crippen LogP contribution in [-0.2, 0) is 11.8 Å². The molecule has 0 saturated heterocycles. The molecule has 0 radical (unpaired) electrons. The smallest absolute Gasteiger partial charge is 0.238 e. The number of nitrogens with one attached hydrogen (secondary N) is 2. The highest BCUT2D eigenvalue weighted by Crippen LogP contribution is 2.01. The third-order valence-corrected chi connectivity index (χ3v) is 1.50. The van der Waals surface area contributed by atoms with Gasteiger partial charge in [0.2, 0.25) is 5.91 Å². The number of aryl methyl sites for hydroxylation is 1. The van der Waals surface area contributed by atoms with Crippen LogP contribution in [0.1, 0.15) is 0 Å². The fraction of sp³-hybridized carbons (Fsp3) is 0.333. The van der Waals surface area contributed by atoms with Gasteiger partial charge >= 0.3 is 0 Å². The second-order valence-electron chi connectivity index (χ2n) is 2.76. The lowest BCUT2D eigenvalue weighted by Crippen LogP contribution is -2.28. The van der Waals surface area contributed by atoms with E-state index in [4.69, 9.17) is 6.42 Å². The van der Waals surface area contributed by atoms with Crippen molar-refractivity contribution in [1.82, 2.24) is 15.1 Å². The van der Waals surface area contributed by atoms with Gasteiger partial charge in [-0.15, -0.1) is 6.42 Å². The van der Waals surface area contributed by atoms with Crippen molar-refractivity contribution in [1.29, 1.82) is 0 Å². The largest absolute Gasteiger partial charge is 0.322 e. The average Bonchev–Trinajstić information content (AvgIpc) is 2.52. The lowest BCUT2D eigenvalue weighted by Gasteiger charge is -2.01. The van der Waals surface area contributed by atoms with Gasteiger partial charge in [0.1, 0.15) is 0 Å². The normalized spacial score (nSPS) is 9.43. The number of carbonyl (C=O) groups is 1. The Kier molecular flexibility index (Phi) is 3.70. The van der Waals surface area contributed by atoms with Gasteiger partial charge in [-0.2, -0.15) is 5.10 Å². The van der Waals surface area contributed by atoms with Crippen LogP contribution in [0.25, 0.3) is 0 Å². The van der Waals surface area contributed by atoms with E-state index in [1.54, 1.807) is 24.1 Å². The fourth-order valence-corrected chi connectivity index (χ4v) is 0.939. The molecule has 0 fully saturated rings. The van der Waals surface area contributed by atoms with E-state index in [1.165, 1.54) is 0 Å². The number of rotatable bonds is 4. The molecular weight excluding hydrogens is 180 g/mol. The lowest BCUT2D eigenvalue weighted by molar-refractivity contribution is -0.115. The molecule has 0 unspecified atom stereocenters. The number of aromatic nitrogens is 2. The molecule has 1 amide bonds. The van der Waals surface area contributed by atoms with Crippen molar-refractivity contribution in [2.75, 3.05) is 18.4 Å². The molecule has 0 aliphatic rings. The van der Waals surface area contributed by atoms with E-state index in [9.17, 15) is 4.79 Å². The molecule has 5 heteroatoms. The summed E-state index contributed by atoms with van der Waals surface area (Å²) in [6, 6.07) is 0. The summed E-state index contributed by atoms with van der Waals surface area (Å²) < 4.78 is 1.62. The first kappa shape index (κ1) is 10.3. The highest BCUT2D eigenvalue weighted by Gasteiger charge is 2.01. The molecule has 1 heterocycles. The van der Waals surface area contributed by atoms with Gasteiger partial charge in [0, 0.05) is 13.2 Å². The molecule has 0 aliphatic carbocycles. The zero-order valence-electron chi connectivity index (χ0n) is 7.95. The fourth-order valence-electron chi connectivity index (χ4n) is 0.939. The molecule has 14 heavy (non-hydrogen) atoms. The van der Waals surface area contributed by atoms with Crippen molar-refractivity contribution in [2.45, 2.75) is 0 Å². The van der Waals surface area contributed by atoms with Crippen molar-refractivity contribution in [3.8, 4) is 12.3 Å². The Morgan fingerprint density at radius 2 is 2.57 bits per heavy atom. The van der Waals surface area contributed by atoms with E-state index in [2.05, 4.69) is 21.7 Å². The quantitative estimate of drug-likeness (QED) is 0.503. The molecule has 74 valence electrons. The Labute approximate surface area is 82.5 Å². The van der Waals surface area contributed by atoms with Crippen LogP contribution in [0, 0.1) is 12.3 Å². The summed E-state index contributed by atoms with van der Waals surface area (Å²) in [6.07, 6.45) is 8.32. The Morgan fingerprint density at radius 3 is 3.14 bits per heavy atom. The zero-order chi connectivity index (χ0) is 10.4. The summed E-state index contributed by atoms with van der Waals surface area (Å²) in [5, 5.41) is 9.37. The molecular formula is C9H12N4O. The molecule has 2 N–H and O–H groups in total. The highest BCUT2D eigenvalue weighted by atomic mass is 16.1. The van der Waals surface area contributed by atoms with E-state index < -0.39 is 0 Å². The molecule has 1 aromatic heterocycles. The summed E-state index contributed by atoms with van der Waals surface area (Å²) in [5.41, 5.74) is 0.681. The van der Waals surface area contributed by atoms with E-state index in [1.807, 2.05) is 0 Å². The maximum absolute atomic E-state index is 11.2. The molecule has 1 aromatic rings. The van der Waals surface area contributed by atoms with E-state index >= 15 is 0 Å². The first-order chi connectivity index (χ1) is 6.72. The Balaban J connectivity index is 2.31. The van der Waals surface area contributed by atoms with Crippen LogP contribution < -0.4 is 10.6 Å². The number of nitrogens with zero attached hydrogens (tertiary/aromatic N) is 2. The van der Waals surface area contributed by atoms with Gasteiger partial charge < -0.3 is 5.32 Å². The van der Waals surface area contributed by atoms with Gasteiger partial charge in [-0.05, 0) is 0 Å². The summed E-state index contributed by atoms with van der Waals surface area (Å²) in [4.78, 5) is 11.2. The average molecular weight is 192 g/mol. The summed E-state index contributed by atoms with van der Waals surface area (Å²) >= 11 is 0. The third-order valence-electron chi connectivity index (χ3n) is 1.50. The number of terminal acetylenes is 1. The van der Waals surface area contributed by atoms with Crippen molar-refractivity contribution in [3.63, 3.8) is 0 Å².